The van der Waals surface area contributed by atoms with E-state index in [-0.39, 0.29) is 5.82 Å². The van der Waals surface area contributed by atoms with Gasteiger partial charge in [-0.2, -0.15) is 0 Å². The summed E-state index contributed by atoms with van der Waals surface area (Å²) in [5.74, 6) is 0.540. The van der Waals surface area contributed by atoms with Crippen molar-refractivity contribution >= 4 is 11.6 Å². The maximum absolute atomic E-state index is 13.0. The zero-order valence-corrected chi connectivity index (χ0v) is 9.75. The molecule has 0 radical (unpaired) electrons. The topological polar surface area (TPSA) is 27.1 Å². The number of halogens is 2. The summed E-state index contributed by atoms with van der Waals surface area (Å²) >= 11 is 6.01. The van der Waals surface area contributed by atoms with E-state index in [2.05, 4.69) is 4.98 Å². The Balaban J connectivity index is 2.06. The van der Waals surface area contributed by atoms with Gasteiger partial charge in [-0.05, 0) is 18.2 Å². The van der Waals surface area contributed by atoms with Crippen molar-refractivity contribution in [1.82, 2.24) is 9.55 Å². The monoisotopic (exact) mass is 252 g/mol. The highest BCUT2D eigenvalue weighted by Gasteiger charge is 2.15. The third-order valence-corrected chi connectivity index (χ3v) is 3.09. The number of rotatable bonds is 1. The van der Waals surface area contributed by atoms with E-state index in [1.807, 2.05) is 10.8 Å². The predicted molar refractivity (Wildman–Crippen MR) is 62.3 cm³/mol. The Morgan fingerprint density at radius 3 is 3.06 bits per heavy atom. The molecule has 0 N–H and O–H groups in total. The lowest BCUT2D eigenvalue weighted by molar-refractivity contribution is 0.0816. The van der Waals surface area contributed by atoms with Crippen LogP contribution in [0.3, 0.4) is 0 Å². The number of hydrogen-bond donors (Lipinski definition) is 0. The normalized spacial score (nSPS) is 14.7. The van der Waals surface area contributed by atoms with Crippen LogP contribution in [-0.4, -0.2) is 16.2 Å². The molecule has 0 fully saturated rings. The molecule has 0 saturated heterocycles. The summed E-state index contributed by atoms with van der Waals surface area (Å²) in [4.78, 5) is 4.44. The number of nitrogens with zero attached hydrogens (tertiary/aromatic N) is 2. The fraction of sp³-hybridized carbons (Fsp3) is 0.250. The molecule has 1 aliphatic heterocycles. The van der Waals surface area contributed by atoms with E-state index in [1.54, 1.807) is 6.07 Å². The summed E-state index contributed by atoms with van der Waals surface area (Å²) in [7, 11) is 0. The summed E-state index contributed by atoms with van der Waals surface area (Å²) in [5, 5.41) is 0.376. The molecule has 1 aliphatic rings. The van der Waals surface area contributed by atoms with Gasteiger partial charge in [0, 0.05) is 18.3 Å². The number of hydrogen-bond acceptors (Lipinski definition) is 2. The van der Waals surface area contributed by atoms with E-state index in [4.69, 9.17) is 16.3 Å². The van der Waals surface area contributed by atoms with E-state index in [0.29, 0.717) is 18.2 Å². The molecule has 0 spiro atoms. The fourth-order valence-electron chi connectivity index (χ4n) is 1.92. The Morgan fingerprint density at radius 2 is 2.29 bits per heavy atom. The molecular weight excluding hydrogens is 243 g/mol. The summed E-state index contributed by atoms with van der Waals surface area (Å²) in [6.07, 6.45) is 1.93. The van der Waals surface area contributed by atoms with Crippen LogP contribution >= 0.6 is 11.6 Å². The molecule has 88 valence electrons. The molecule has 0 aliphatic carbocycles. The van der Waals surface area contributed by atoms with E-state index in [0.717, 1.165) is 23.6 Å². The minimum atomic E-state index is -0.342. The van der Waals surface area contributed by atoms with E-state index in [1.165, 1.54) is 12.1 Å². The van der Waals surface area contributed by atoms with Crippen LogP contribution in [0.1, 0.15) is 5.82 Å². The Kier molecular flexibility index (Phi) is 2.61. The maximum atomic E-state index is 13.0. The summed E-state index contributed by atoms with van der Waals surface area (Å²) < 4.78 is 20.3. The molecule has 2 heterocycles. The van der Waals surface area contributed by atoms with Crippen LogP contribution in [0.5, 0.6) is 0 Å². The summed E-state index contributed by atoms with van der Waals surface area (Å²) in [5.41, 5.74) is 1.51. The lowest BCUT2D eigenvalue weighted by atomic mass is 10.2. The van der Waals surface area contributed by atoms with Gasteiger partial charge in [-0.25, -0.2) is 9.37 Å². The highest BCUT2D eigenvalue weighted by molar-refractivity contribution is 6.33. The Morgan fingerprint density at radius 1 is 1.41 bits per heavy atom. The van der Waals surface area contributed by atoms with Crippen LogP contribution < -0.4 is 0 Å². The Labute approximate surface area is 103 Å². The minimum absolute atomic E-state index is 0.342. The third kappa shape index (κ3) is 1.94. The average Bonchev–Trinajstić information content (AvgIpc) is 2.72. The quantitative estimate of drug-likeness (QED) is 0.780. The number of ether oxygens (including phenoxy) is 1. The van der Waals surface area contributed by atoms with Gasteiger partial charge in [-0.15, -0.1) is 0 Å². The van der Waals surface area contributed by atoms with Crippen LogP contribution in [-0.2, 0) is 17.9 Å². The van der Waals surface area contributed by atoms with Gasteiger partial charge in [0.2, 0.25) is 0 Å². The molecule has 1 aromatic heterocycles. The summed E-state index contributed by atoms with van der Waals surface area (Å²) in [6, 6.07) is 4.33. The number of fused-ring (bicyclic) bond motifs is 1. The highest BCUT2D eigenvalue weighted by Crippen LogP contribution is 2.28. The molecule has 0 bridgehead atoms. The Bertz CT molecular complexity index is 544. The largest absolute Gasteiger partial charge is 0.372 e. The molecular formula is C12H10ClFN2O. The average molecular weight is 253 g/mol. The van der Waals surface area contributed by atoms with Crippen molar-refractivity contribution in [3.05, 3.63) is 41.1 Å². The van der Waals surface area contributed by atoms with Gasteiger partial charge in [0.25, 0.3) is 0 Å². The van der Waals surface area contributed by atoms with Crippen molar-refractivity contribution in [1.29, 1.82) is 0 Å². The molecule has 17 heavy (non-hydrogen) atoms. The van der Waals surface area contributed by atoms with Gasteiger partial charge in [-0.3, -0.25) is 0 Å². The standard InChI is InChI=1S/C12H10ClFN2O/c13-10-5-8(14)1-2-9(10)11-6-16-3-4-17-7-12(16)15-11/h1-2,5-6H,3-4,7H2. The van der Waals surface area contributed by atoms with Gasteiger partial charge in [-0.1, -0.05) is 11.6 Å². The van der Waals surface area contributed by atoms with E-state index in [9.17, 15) is 4.39 Å². The van der Waals surface area contributed by atoms with Gasteiger partial charge < -0.3 is 9.30 Å². The molecule has 5 heteroatoms. The molecule has 1 aromatic carbocycles. The smallest absolute Gasteiger partial charge is 0.135 e. The first-order valence-corrected chi connectivity index (χ1v) is 5.71. The van der Waals surface area contributed by atoms with Crippen molar-refractivity contribution in [3.8, 4) is 11.3 Å². The minimum Gasteiger partial charge on any atom is -0.372 e. The van der Waals surface area contributed by atoms with E-state index >= 15 is 0 Å². The van der Waals surface area contributed by atoms with Gasteiger partial charge in [0.05, 0.1) is 17.3 Å². The second-order valence-electron chi connectivity index (χ2n) is 3.91. The number of imidazole rings is 1. The molecule has 3 nitrogen and oxygen atoms in total. The van der Waals surface area contributed by atoms with Crippen LogP contribution in [0.2, 0.25) is 5.02 Å². The number of aromatic nitrogens is 2. The second-order valence-corrected chi connectivity index (χ2v) is 4.32. The first-order chi connectivity index (χ1) is 8.24. The number of benzene rings is 1. The molecule has 0 saturated carbocycles. The zero-order valence-electron chi connectivity index (χ0n) is 8.99. The lowest BCUT2D eigenvalue weighted by Gasteiger charge is -2.13. The summed E-state index contributed by atoms with van der Waals surface area (Å²) in [6.45, 7) is 2.00. The predicted octanol–water partition coefficient (Wildman–Crippen LogP) is 2.87. The zero-order chi connectivity index (χ0) is 11.8. The van der Waals surface area contributed by atoms with Crippen molar-refractivity contribution in [2.45, 2.75) is 13.2 Å². The maximum Gasteiger partial charge on any atom is 0.135 e. The fourth-order valence-corrected chi connectivity index (χ4v) is 2.18. The van der Waals surface area contributed by atoms with Crippen LogP contribution in [0.4, 0.5) is 4.39 Å². The van der Waals surface area contributed by atoms with Gasteiger partial charge in [0.15, 0.2) is 0 Å². The van der Waals surface area contributed by atoms with Crippen molar-refractivity contribution < 1.29 is 9.13 Å². The first-order valence-electron chi connectivity index (χ1n) is 5.33. The van der Waals surface area contributed by atoms with Crippen molar-refractivity contribution in [3.63, 3.8) is 0 Å². The van der Waals surface area contributed by atoms with E-state index < -0.39 is 0 Å². The van der Waals surface area contributed by atoms with Crippen LogP contribution in [0.15, 0.2) is 24.4 Å². The van der Waals surface area contributed by atoms with Gasteiger partial charge in [0.1, 0.15) is 18.2 Å². The van der Waals surface area contributed by atoms with Gasteiger partial charge >= 0.3 is 0 Å². The molecule has 3 rings (SSSR count). The molecule has 2 aromatic rings. The third-order valence-electron chi connectivity index (χ3n) is 2.77. The second kappa shape index (κ2) is 4.13. The molecule has 0 unspecified atom stereocenters. The lowest BCUT2D eigenvalue weighted by Crippen LogP contribution is -2.15. The molecule has 0 atom stereocenters. The van der Waals surface area contributed by atoms with Crippen molar-refractivity contribution in [2.24, 2.45) is 0 Å². The van der Waals surface area contributed by atoms with Crippen LogP contribution in [0.25, 0.3) is 11.3 Å². The van der Waals surface area contributed by atoms with Crippen LogP contribution in [0, 0.1) is 5.82 Å². The Hall–Kier alpha value is -1.39. The SMILES string of the molecule is Fc1ccc(-c2cn3c(n2)COCC3)c(Cl)c1. The molecule has 0 amide bonds. The van der Waals surface area contributed by atoms with Crippen molar-refractivity contribution in [2.75, 3.05) is 6.61 Å². The highest BCUT2D eigenvalue weighted by atomic mass is 35.5. The first kappa shape index (κ1) is 10.7.